The van der Waals surface area contributed by atoms with E-state index in [0.717, 1.165) is 37.3 Å². The molecular formula is C14H21N3O. The second-order valence-corrected chi connectivity index (χ2v) is 5.17. The molecule has 0 bridgehead atoms. The Morgan fingerprint density at radius 2 is 2.22 bits per heavy atom. The maximum Gasteiger partial charge on any atom is 0.251 e. The summed E-state index contributed by atoms with van der Waals surface area (Å²) in [7, 11) is 4.05. The number of carbonyl (C=O) groups is 1. The van der Waals surface area contributed by atoms with Crippen LogP contribution in [0.3, 0.4) is 0 Å². The maximum absolute atomic E-state index is 12.0. The molecule has 98 valence electrons. The fourth-order valence-corrected chi connectivity index (χ4v) is 2.01. The average Bonchev–Trinajstić information content (AvgIpc) is 2.26. The standard InChI is InChI=1S/C14H21N3O/c1-17(2)10-11-4-3-5-13(6-11)14(18)16-9-12-7-15-8-12/h3-6,12,15H,7-10H2,1-2H3,(H,16,18). The van der Waals surface area contributed by atoms with Crippen LogP contribution in [-0.2, 0) is 6.54 Å². The van der Waals surface area contributed by atoms with Gasteiger partial charge in [0.25, 0.3) is 5.91 Å². The van der Waals surface area contributed by atoms with E-state index in [1.54, 1.807) is 0 Å². The van der Waals surface area contributed by atoms with Crippen LogP contribution in [0.4, 0.5) is 0 Å². The Labute approximate surface area is 108 Å². The molecule has 1 aliphatic rings. The summed E-state index contributed by atoms with van der Waals surface area (Å²) >= 11 is 0. The minimum atomic E-state index is 0.0301. The Kier molecular flexibility index (Phi) is 4.33. The van der Waals surface area contributed by atoms with E-state index in [0.29, 0.717) is 5.92 Å². The lowest BCUT2D eigenvalue weighted by Crippen LogP contribution is -2.48. The molecule has 2 rings (SSSR count). The third-order valence-corrected chi connectivity index (χ3v) is 3.11. The van der Waals surface area contributed by atoms with Crippen LogP contribution in [0.15, 0.2) is 24.3 Å². The predicted molar refractivity (Wildman–Crippen MR) is 72.5 cm³/mol. The lowest BCUT2D eigenvalue weighted by atomic mass is 10.0. The molecule has 1 heterocycles. The van der Waals surface area contributed by atoms with Gasteiger partial charge in [-0.25, -0.2) is 0 Å². The first kappa shape index (κ1) is 13.1. The number of carbonyl (C=O) groups excluding carboxylic acids is 1. The van der Waals surface area contributed by atoms with Gasteiger partial charge in [0, 0.05) is 37.7 Å². The summed E-state index contributed by atoms with van der Waals surface area (Å²) < 4.78 is 0. The zero-order valence-electron chi connectivity index (χ0n) is 11.1. The third kappa shape index (κ3) is 3.55. The molecule has 0 unspecified atom stereocenters. The first-order chi connectivity index (χ1) is 8.65. The molecule has 0 radical (unpaired) electrons. The number of hydrogen-bond acceptors (Lipinski definition) is 3. The van der Waals surface area contributed by atoms with Gasteiger partial charge < -0.3 is 15.5 Å². The molecule has 2 N–H and O–H groups in total. The van der Waals surface area contributed by atoms with Gasteiger partial charge in [-0.3, -0.25) is 4.79 Å². The number of rotatable bonds is 5. The van der Waals surface area contributed by atoms with Crippen LogP contribution in [0.2, 0.25) is 0 Å². The van der Waals surface area contributed by atoms with Crippen LogP contribution in [0.1, 0.15) is 15.9 Å². The smallest absolute Gasteiger partial charge is 0.251 e. The van der Waals surface area contributed by atoms with Gasteiger partial charge in [-0.15, -0.1) is 0 Å². The van der Waals surface area contributed by atoms with Crippen molar-refractivity contribution >= 4 is 5.91 Å². The van der Waals surface area contributed by atoms with Crippen molar-refractivity contribution < 1.29 is 4.79 Å². The van der Waals surface area contributed by atoms with E-state index in [4.69, 9.17) is 0 Å². The van der Waals surface area contributed by atoms with Gasteiger partial charge >= 0.3 is 0 Å². The number of nitrogens with zero attached hydrogens (tertiary/aromatic N) is 1. The molecule has 0 atom stereocenters. The molecule has 1 amide bonds. The van der Waals surface area contributed by atoms with Crippen LogP contribution in [-0.4, -0.2) is 44.5 Å². The zero-order chi connectivity index (χ0) is 13.0. The zero-order valence-corrected chi connectivity index (χ0v) is 11.1. The molecule has 1 aromatic carbocycles. The van der Waals surface area contributed by atoms with Gasteiger partial charge in [-0.2, -0.15) is 0 Å². The van der Waals surface area contributed by atoms with Crippen molar-refractivity contribution in [3.63, 3.8) is 0 Å². The topological polar surface area (TPSA) is 44.4 Å². The van der Waals surface area contributed by atoms with Gasteiger partial charge in [0.15, 0.2) is 0 Å². The van der Waals surface area contributed by atoms with Crippen molar-refractivity contribution in [2.45, 2.75) is 6.54 Å². The molecule has 1 aromatic rings. The summed E-state index contributed by atoms with van der Waals surface area (Å²) in [4.78, 5) is 14.1. The van der Waals surface area contributed by atoms with Gasteiger partial charge in [-0.05, 0) is 31.8 Å². The highest BCUT2D eigenvalue weighted by molar-refractivity contribution is 5.94. The first-order valence-corrected chi connectivity index (χ1v) is 6.38. The van der Waals surface area contributed by atoms with Crippen LogP contribution in [0, 0.1) is 5.92 Å². The Balaban J connectivity index is 1.91. The molecule has 4 nitrogen and oxygen atoms in total. The summed E-state index contributed by atoms with van der Waals surface area (Å²) in [6, 6.07) is 7.83. The van der Waals surface area contributed by atoms with Gasteiger partial charge in [0.05, 0.1) is 0 Å². The number of amides is 1. The highest BCUT2D eigenvalue weighted by Gasteiger charge is 2.17. The lowest BCUT2D eigenvalue weighted by molar-refractivity contribution is 0.0942. The predicted octanol–water partition coefficient (Wildman–Crippen LogP) is 0.697. The molecular weight excluding hydrogens is 226 g/mol. The summed E-state index contributed by atoms with van der Waals surface area (Å²) in [6.07, 6.45) is 0. The second-order valence-electron chi connectivity index (χ2n) is 5.17. The SMILES string of the molecule is CN(C)Cc1cccc(C(=O)NCC2CNC2)c1. The van der Waals surface area contributed by atoms with Gasteiger partial charge in [-0.1, -0.05) is 12.1 Å². The number of hydrogen-bond donors (Lipinski definition) is 2. The van der Waals surface area contributed by atoms with Crippen LogP contribution in [0.25, 0.3) is 0 Å². The highest BCUT2D eigenvalue weighted by Crippen LogP contribution is 2.08. The minimum Gasteiger partial charge on any atom is -0.352 e. The van der Waals surface area contributed by atoms with Crippen molar-refractivity contribution in [1.82, 2.24) is 15.5 Å². The Morgan fingerprint density at radius 3 is 2.83 bits per heavy atom. The van der Waals surface area contributed by atoms with Crippen molar-refractivity contribution in [1.29, 1.82) is 0 Å². The summed E-state index contributed by atoms with van der Waals surface area (Å²) in [5.74, 6) is 0.626. The van der Waals surface area contributed by atoms with Crippen molar-refractivity contribution in [2.75, 3.05) is 33.7 Å². The average molecular weight is 247 g/mol. The minimum absolute atomic E-state index is 0.0301. The van der Waals surface area contributed by atoms with Crippen LogP contribution < -0.4 is 10.6 Å². The molecule has 0 aliphatic carbocycles. The van der Waals surface area contributed by atoms with E-state index in [1.807, 2.05) is 38.4 Å². The Bertz CT molecular complexity index is 413. The largest absolute Gasteiger partial charge is 0.352 e. The van der Waals surface area contributed by atoms with E-state index in [9.17, 15) is 4.79 Å². The van der Waals surface area contributed by atoms with E-state index < -0.39 is 0 Å². The first-order valence-electron chi connectivity index (χ1n) is 6.38. The molecule has 1 aliphatic heterocycles. The van der Waals surface area contributed by atoms with E-state index in [-0.39, 0.29) is 5.91 Å². The fraction of sp³-hybridized carbons (Fsp3) is 0.500. The molecule has 1 fully saturated rings. The van der Waals surface area contributed by atoms with E-state index in [2.05, 4.69) is 15.5 Å². The molecule has 0 spiro atoms. The molecule has 1 saturated heterocycles. The molecule has 18 heavy (non-hydrogen) atoms. The third-order valence-electron chi connectivity index (χ3n) is 3.11. The quantitative estimate of drug-likeness (QED) is 0.805. The normalized spacial score (nSPS) is 15.5. The molecule has 0 aromatic heterocycles. The molecule has 4 heteroatoms. The Hall–Kier alpha value is -1.39. The van der Waals surface area contributed by atoms with Crippen molar-refractivity contribution in [3.05, 3.63) is 35.4 Å². The van der Waals surface area contributed by atoms with Crippen molar-refractivity contribution in [2.24, 2.45) is 5.92 Å². The Morgan fingerprint density at radius 1 is 1.44 bits per heavy atom. The highest BCUT2D eigenvalue weighted by atomic mass is 16.1. The monoisotopic (exact) mass is 247 g/mol. The van der Waals surface area contributed by atoms with Crippen LogP contribution in [0.5, 0.6) is 0 Å². The lowest BCUT2D eigenvalue weighted by Gasteiger charge is -2.27. The van der Waals surface area contributed by atoms with Gasteiger partial charge in [0.1, 0.15) is 0 Å². The number of benzene rings is 1. The summed E-state index contributed by atoms with van der Waals surface area (Å²) in [6.45, 7) is 3.65. The van der Waals surface area contributed by atoms with Crippen molar-refractivity contribution in [3.8, 4) is 0 Å². The van der Waals surface area contributed by atoms with Crippen LogP contribution >= 0.6 is 0 Å². The second kappa shape index (κ2) is 5.98. The van der Waals surface area contributed by atoms with Gasteiger partial charge in [0.2, 0.25) is 0 Å². The summed E-state index contributed by atoms with van der Waals surface area (Å²) in [5, 5.41) is 6.19. The maximum atomic E-state index is 12.0. The van der Waals surface area contributed by atoms with E-state index >= 15 is 0 Å². The fourth-order valence-electron chi connectivity index (χ4n) is 2.01. The van der Waals surface area contributed by atoms with E-state index in [1.165, 1.54) is 0 Å². The molecule has 0 saturated carbocycles. The number of nitrogens with one attached hydrogen (secondary N) is 2. The summed E-state index contributed by atoms with van der Waals surface area (Å²) in [5.41, 5.74) is 1.92.